The number of benzene rings is 4. The summed E-state index contributed by atoms with van der Waals surface area (Å²) in [7, 11) is 3.26. The van der Waals surface area contributed by atoms with Crippen molar-refractivity contribution in [2.45, 2.75) is 26.2 Å². The third kappa shape index (κ3) is 6.30. The zero-order valence-electron chi connectivity index (χ0n) is 22.8. The Morgan fingerprint density at radius 3 is 1.90 bits per heavy atom. The number of ether oxygens (including phenoxy) is 2. The van der Waals surface area contributed by atoms with Crippen LogP contribution in [0.1, 0.15) is 25.3 Å². The number of hydrogen-bond donors (Lipinski definition) is 2. The molecule has 0 aliphatic carbocycles. The molecule has 0 aliphatic heterocycles. The fraction of sp³-hybridized carbons (Fsp3) is 0.188. The van der Waals surface area contributed by atoms with E-state index in [1.54, 1.807) is 50.6 Å². The van der Waals surface area contributed by atoms with Crippen molar-refractivity contribution in [2.24, 2.45) is 0 Å². The second kappa shape index (κ2) is 12.3. The molecule has 0 fully saturated rings. The molecule has 0 unspecified atom stereocenters. The second-order valence-electron chi connectivity index (χ2n) is 9.33. The van der Waals surface area contributed by atoms with Crippen molar-refractivity contribution in [2.75, 3.05) is 14.2 Å². The van der Waals surface area contributed by atoms with Gasteiger partial charge in [-0.3, -0.25) is 0 Å². The number of nitrogens with zero attached hydrogens (tertiary/aromatic N) is 2. The first-order valence-electron chi connectivity index (χ1n) is 13.1. The molecule has 0 aliphatic rings. The summed E-state index contributed by atoms with van der Waals surface area (Å²) in [6.07, 6.45) is 2.97. The molecule has 2 aromatic heterocycles. The van der Waals surface area contributed by atoms with E-state index in [1.807, 2.05) is 36.4 Å². The smallest absolute Gasteiger partial charge is 0.227 e. The summed E-state index contributed by atoms with van der Waals surface area (Å²) < 4.78 is 22.9. The summed E-state index contributed by atoms with van der Waals surface area (Å²) in [5, 5.41) is 19.1. The average Bonchev–Trinajstić information content (AvgIpc) is 3.62. The van der Waals surface area contributed by atoms with Crippen molar-refractivity contribution in [3.05, 3.63) is 82.8 Å². The normalized spacial score (nSPS) is 10.9. The van der Waals surface area contributed by atoms with Gasteiger partial charge in [-0.2, -0.15) is 0 Å². The van der Waals surface area contributed by atoms with E-state index < -0.39 is 0 Å². The Morgan fingerprint density at radius 1 is 0.707 bits per heavy atom. The van der Waals surface area contributed by atoms with Crippen LogP contribution in [-0.4, -0.2) is 34.4 Å². The van der Waals surface area contributed by atoms with Crippen LogP contribution in [0.3, 0.4) is 0 Å². The number of aryl methyl sites for hydroxylation is 1. The molecule has 2 heterocycles. The van der Waals surface area contributed by atoms with Crippen LogP contribution in [0.15, 0.2) is 86.1 Å². The van der Waals surface area contributed by atoms with Gasteiger partial charge >= 0.3 is 0 Å². The lowest BCUT2D eigenvalue weighted by atomic mass is 10.1. The first kappa shape index (κ1) is 28.0. The highest BCUT2D eigenvalue weighted by atomic mass is 79.9. The van der Waals surface area contributed by atoms with Crippen LogP contribution in [0.4, 0.5) is 0 Å². The van der Waals surface area contributed by atoms with E-state index in [-0.39, 0.29) is 11.5 Å². The van der Waals surface area contributed by atoms with Crippen molar-refractivity contribution in [1.29, 1.82) is 0 Å². The standard InChI is InChI=1S/C17H17NO3.C15H12BrNO3/c1-2-3-4-12-9-14(20)10-15-16(12)21-17(18-15)11-5-7-13(19)8-6-11;1-18-10-5-3-9(4-6-10)15-17-13-8-11(19-2)7-12(16)14(13)20-15/h5-10,19-20H,2-4H2,1H3;3-8H,1-2H3. The summed E-state index contributed by atoms with van der Waals surface area (Å²) in [5.41, 5.74) is 5.51. The topological polar surface area (TPSA) is 111 Å². The van der Waals surface area contributed by atoms with E-state index in [1.165, 1.54) is 0 Å². The zero-order valence-corrected chi connectivity index (χ0v) is 24.4. The van der Waals surface area contributed by atoms with Crippen molar-refractivity contribution in [3.8, 4) is 45.9 Å². The predicted molar refractivity (Wildman–Crippen MR) is 162 cm³/mol. The van der Waals surface area contributed by atoms with E-state index in [2.05, 4.69) is 32.8 Å². The van der Waals surface area contributed by atoms with Crippen LogP contribution in [0.25, 0.3) is 45.1 Å². The molecule has 9 heteroatoms. The summed E-state index contributed by atoms with van der Waals surface area (Å²) in [6, 6.07) is 21.3. The first-order chi connectivity index (χ1) is 19.9. The molecule has 0 saturated carbocycles. The molecule has 0 radical (unpaired) electrons. The number of methoxy groups -OCH3 is 2. The number of aromatic hydroxyl groups is 2. The van der Waals surface area contributed by atoms with Crippen LogP contribution in [0.2, 0.25) is 0 Å². The zero-order chi connectivity index (χ0) is 28.9. The summed E-state index contributed by atoms with van der Waals surface area (Å²) >= 11 is 3.46. The number of oxazole rings is 2. The third-order valence-electron chi connectivity index (χ3n) is 6.46. The highest BCUT2D eigenvalue weighted by Crippen LogP contribution is 2.34. The Kier molecular flexibility index (Phi) is 8.45. The molecule has 2 N–H and O–H groups in total. The number of hydrogen-bond acceptors (Lipinski definition) is 8. The quantitative estimate of drug-likeness (QED) is 0.183. The second-order valence-corrected chi connectivity index (χ2v) is 10.2. The maximum atomic E-state index is 9.81. The first-order valence-corrected chi connectivity index (χ1v) is 13.9. The number of rotatable bonds is 7. The van der Waals surface area contributed by atoms with Gasteiger partial charge in [0.1, 0.15) is 34.0 Å². The van der Waals surface area contributed by atoms with Gasteiger partial charge in [0.15, 0.2) is 11.2 Å². The molecule has 0 bridgehead atoms. The Bertz CT molecular complexity index is 1780. The number of unbranched alkanes of at least 4 members (excludes halogenated alkanes) is 1. The molecule has 6 aromatic rings. The van der Waals surface area contributed by atoms with Gasteiger partial charge in [0.2, 0.25) is 11.8 Å². The molecule has 4 aromatic carbocycles. The molecule has 0 saturated heterocycles. The minimum atomic E-state index is 0.205. The molecule has 0 spiro atoms. The SMILES string of the molecule is CCCCc1cc(O)cc2nc(-c3ccc(O)cc3)oc12.COc1ccc(-c2nc3cc(OC)cc(Br)c3o2)cc1. The van der Waals surface area contributed by atoms with Crippen LogP contribution in [-0.2, 0) is 6.42 Å². The maximum Gasteiger partial charge on any atom is 0.227 e. The molecule has 0 atom stereocenters. The molecule has 6 rings (SSSR count). The van der Waals surface area contributed by atoms with Gasteiger partial charge < -0.3 is 28.5 Å². The number of fused-ring (bicyclic) bond motifs is 2. The number of phenols is 2. The fourth-order valence-corrected chi connectivity index (χ4v) is 4.82. The van der Waals surface area contributed by atoms with E-state index in [0.29, 0.717) is 22.9 Å². The van der Waals surface area contributed by atoms with Gasteiger partial charge in [-0.1, -0.05) is 13.3 Å². The summed E-state index contributed by atoms with van der Waals surface area (Å²) in [4.78, 5) is 8.92. The van der Waals surface area contributed by atoms with Gasteiger partial charge in [0.05, 0.1) is 18.7 Å². The van der Waals surface area contributed by atoms with E-state index in [9.17, 15) is 10.2 Å². The number of halogens is 1. The van der Waals surface area contributed by atoms with Crippen molar-refractivity contribution in [1.82, 2.24) is 9.97 Å². The molecular formula is C32H29BrN2O6. The van der Waals surface area contributed by atoms with Gasteiger partial charge in [-0.05, 0) is 89.4 Å². The Hall–Kier alpha value is -4.50. The molecule has 0 amide bonds. The van der Waals surface area contributed by atoms with Crippen molar-refractivity contribution < 1.29 is 28.5 Å². The minimum absolute atomic E-state index is 0.205. The van der Waals surface area contributed by atoms with Gasteiger partial charge in [0.25, 0.3) is 0 Å². The molecule has 210 valence electrons. The number of aromatic nitrogens is 2. The van der Waals surface area contributed by atoms with Gasteiger partial charge in [-0.15, -0.1) is 0 Å². The minimum Gasteiger partial charge on any atom is -0.508 e. The molecule has 8 nitrogen and oxygen atoms in total. The third-order valence-corrected chi connectivity index (χ3v) is 7.05. The van der Waals surface area contributed by atoms with Crippen LogP contribution in [0, 0.1) is 0 Å². The van der Waals surface area contributed by atoms with E-state index >= 15 is 0 Å². The van der Waals surface area contributed by atoms with Gasteiger partial charge in [-0.25, -0.2) is 9.97 Å². The van der Waals surface area contributed by atoms with E-state index in [4.69, 9.17) is 18.3 Å². The Balaban J connectivity index is 0.000000165. The summed E-state index contributed by atoms with van der Waals surface area (Å²) in [6.45, 7) is 2.13. The maximum absolute atomic E-state index is 9.81. The average molecular weight is 617 g/mol. The fourth-order valence-electron chi connectivity index (χ4n) is 4.31. The number of phenolic OH excluding ortho intramolecular Hbond substituents is 2. The highest BCUT2D eigenvalue weighted by molar-refractivity contribution is 9.10. The monoisotopic (exact) mass is 616 g/mol. The largest absolute Gasteiger partial charge is 0.508 e. The van der Waals surface area contributed by atoms with Crippen LogP contribution < -0.4 is 9.47 Å². The lowest BCUT2D eigenvalue weighted by molar-refractivity contribution is 0.414. The lowest BCUT2D eigenvalue weighted by Gasteiger charge is -2.01. The van der Waals surface area contributed by atoms with Crippen molar-refractivity contribution in [3.63, 3.8) is 0 Å². The highest BCUT2D eigenvalue weighted by Gasteiger charge is 2.14. The lowest BCUT2D eigenvalue weighted by Crippen LogP contribution is -1.85. The van der Waals surface area contributed by atoms with E-state index in [0.717, 1.165) is 63.0 Å². The van der Waals surface area contributed by atoms with Crippen molar-refractivity contribution >= 4 is 38.1 Å². The Labute approximate surface area is 245 Å². The van der Waals surface area contributed by atoms with Crippen LogP contribution in [0.5, 0.6) is 23.0 Å². The van der Waals surface area contributed by atoms with Crippen LogP contribution >= 0.6 is 15.9 Å². The molecular weight excluding hydrogens is 588 g/mol. The predicted octanol–water partition coefficient (Wildman–Crippen LogP) is 8.52. The Morgan fingerprint density at radius 2 is 1.29 bits per heavy atom. The van der Waals surface area contributed by atoms with Gasteiger partial charge in [0, 0.05) is 28.8 Å². The summed E-state index contributed by atoms with van der Waals surface area (Å²) in [5.74, 6) is 3.01. The molecule has 41 heavy (non-hydrogen) atoms.